The summed E-state index contributed by atoms with van der Waals surface area (Å²) in [5, 5.41) is 0. The Kier molecular flexibility index (Phi) is 4.19. The predicted molar refractivity (Wildman–Crippen MR) is 62.9 cm³/mol. The SMILES string of the molecule is C=CCOc1ccc(Br)cc1S(=O)(=O)Cl. The summed E-state index contributed by atoms with van der Waals surface area (Å²) in [4.78, 5) is -0.0552. The Balaban J connectivity index is 3.21. The quantitative estimate of drug-likeness (QED) is 0.634. The first-order chi connectivity index (χ1) is 6.95. The number of ether oxygens (including phenoxy) is 1. The van der Waals surface area contributed by atoms with Crippen molar-refractivity contribution in [1.82, 2.24) is 0 Å². The summed E-state index contributed by atoms with van der Waals surface area (Å²) in [5.41, 5.74) is 0. The average Bonchev–Trinajstić information content (AvgIpc) is 2.14. The summed E-state index contributed by atoms with van der Waals surface area (Å²) < 4.78 is 28.2. The van der Waals surface area contributed by atoms with Crippen molar-refractivity contribution in [3.8, 4) is 5.75 Å². The third kappa shape index (κ3) is 3.52. The third-order valence-electron chi connectivity index (χ3n) is 1.53. The fourth-order valence-electron chi connectivity index (χ4n) is 0.940. The molecule has 0 saturated heterocycles. The molecule has 0 fully saturated rings. The summed E-state index contributed by atoms with van der Waals surface area (Å²) in [6.45, 7) is 3.69. The fraction of sp³-hybridized carbons (Fsp3) is 0.111. The summed E-state index contributed by atoms with van der Waals surface area (Å²) in [5.74, 6) is 0.216. The molecule has 82 valence electrons. The lowest BCUT2D eigenvalue weighted by molar-refractivity contribution is 0.353. The Labute approximate surface area is 101 Å². The highest BCUT2D eigenvalue weighted by Crippen LogP contribution is 2.29. The van der Waals surface area contributed by atoms with Gasteiger partial charge in [0.1, 0.15) is 17.3 Å². The molecule has 0 bridgehead atoms. The van der Waals surface area contributed by atoms with Crippen LogP contribution in [0.1, 0.15) is 0 Å². The molecule has 0 spiro atoms. The van der Waals surface area contributed by atoms with Crippen LogP contribution < -0.4 is 4.74 Å². The number of benzene rings is 1. The molecular formula is C9H8BrClO3S. The second-order valence-electron chi connectivity index (χ2n) is 2.63. The van der Waals surface area contributed by atoms with Gasteiger partial charge in [-0.15, -0.1) is 0 Å². The van der Waals surface area contributed by atoms with Crippen molar-refractivity contribution in [2.75, 3.05) is 6.61 Å². The first-order valence-corrected chi connectivity index (χ1v) is 7.03. The van der Waals surface area contributed by atoms with Gasteiger partial charge in [0, 0.05) is 15.2 Å². The van der Waals surface area contributed by atoms with Gasteiger partial charge in [0.05, 0.1) is 0 Å². The molecule has 0 atom stereocenters. The van der Waals surface area contributed by atoms with Crippen LogP contribution in [0.5, 0.6) is 5.75 Å². The highest BCUT2D eigenvalue weighted by Gasteiger charge is 2.17. The van der Waals surface area contributed by atoms with E-state index in [2.05, 4.69) is 22.5 Å². The van der Waals surface area contributed by atoms with Crippen molar-refractivity contribution in [3.05, 3.63) is 35.3 Å². The maximum absolute atomic E-state index is 11.2. The lowest BCUT2D eigenvalue weighted by Crippen LogP contribution is -1.99. The average molecular weight is 312 g/mol. The molecule has 6 heteroatoms. The highest BCUT2D eigenvalue weighted by molar-refractivity contribution is 9.10. The third-order valence-corrected chi connectivity index (χ3v) is 3.36. The number of hydrogen-bond donors (Lipinski definition) is 0. The van der Waals surface area contributed by atoms with Crippen LogP contribution in [0.3, 0.4) is 0 Å². The zero-order valence-electron chi connectivity index (χ0n) is 7.61. The van der Waals surface area contributed by atoms with Gasteiger partial charge < -0.3 is 4.74 Å². The van der Waals surface area contributed by atoms with Crippen molar-refractivity contribution in [1.29, 1.82) is 0 Å². The first-order valence-electron chi connectivity index (χ1n) is 3.93. The Morgan fingerprint density at radius 2 is 2.20 bits per heavy atom. The number of hydrogen-bond acceptors (Lipinski definition) is 3. The maximum Gasteiger partial charge on any atom is 0.265 e. The summed E-state index contributed by atoms with van der Waals surface area (Å²) in [6, 6.07) is 4.59. The minimum Gasteiger partial charge on any atom is -0.488 e. The Bertz CT molecular complexity index is 470. The molecule has 0 radical (unpaired) electrons. The topological polar surface area (TPSA) is 43.4 Å². The molecule has 0 saturated carbocycles. The van der Waals surface area contributed by atoms with Gasteiger partial charge in [0.15, 0.2) is 0 Å². The van der Waals surface area contributed by atoms with Gasteiger partial charge >= 0.3 is 0 Å². The molecule has 15 heavy (non-hydrogen) atoms. The van der Waals surface area contributed by atoms with E-state index >= 15 is 0 Å². The molecule has 1 rings (SSSR count). The Morgan fingerprint density at radius 1 is 1.53 bits per heavy atom. The van der Waals surface area contributed by atoms with Crippen LogP contribution >= 0.6 is 26.6 Å². The van der Waals surface area contributed by atoms with E-state index < -0.39 is 9.05 Å². The van der Waals surface area contributed by atoms with Crippen LogP contribution in [0, 0.1) is 0 Å². The van der Waals surface area contributed by atoms with Crippen LogP contribution in [0.15, 0.2) is 40.2 Å². The molecule has 3 nitrogen and oxygen atoms in total. The highest BCUT2D eigenvalue weighted by atomic mass is 79.9. The molecule has 0 amide bonds. The zero-order chi connectivity index (χ0) is 11.5. The molecule has 0 N–H and O–H groups in total. The largest absolute Gasteiger partial charge is 0.488 e. The van der Waals surface area contributed by atoms with Gasteiger partial charge in [-0.3, -0.25) is 0 Å². The predicted octanol–water partition coefficient (Wildman–Crippen LogP) is 2.94. The second-order valence-corrected chi connectivity index (χ2v) is 6.08. The van der Waals surface area contributed by atoms with Crippen LogP contribution in [-0.2, 0) is 9.05 Å². The minimum atomic E-state index is -3.80. The van der Waals surface area contributed by atoms with Crippen molar-refractivity contribution in [2.45, 2.75) is 4.90 Å². The molecule has 0 aliphatic carbocycles. The second kappa shape index (κ2) is 5.01. The van der Waals surface area contributed by atoms with E-state index in [0.29, 0.717) is 4.47 Å². The van der Waals surface area contributed by atoms with E-state index in [1.165, 1.54) is 18.2 Å². The smallest absolute Gasteiger partial charge is 0.265 e. The minimum absolute atomic E-state index is 0.0552. The zero-order valence-corrected chi connectivity index (χ0v) is 10.8. The normalized spacial score (nSPS) is 11.1. The van der Waals surface area contributed by atoms with Gasteiger partial charge in [0.2, 0.25) is 0 Å². The van der Waals surface area contributed by atoms with Crippen molar-refractivity contribution in [2.24, 2.45) is 0 Å². The van der Waals surface area contributed by atoms with Gasteiger partial charge in [-0.1, -0.05) is 28.6 Å². The Morgan fingerprint density at radius 3 is 2.73 bits per heavy atom. The molecule has 0 heterocycles. The van der Waals surface area contributed by atoms with E-state index in [1.54, 1.807) is 6.07 Å². The van der Waals surface area contributed by atoms with Crippen LogP contribution in [-0.4, -0.2) is 15.0 Å². The van der Waals surface area contributed by atoms with E-state index in [-0.39, 0.29) is 17.3 Å². The van der Waals surface area contributed by atoms with E-state index in [0.717, 1.165) is 0 Å². The lowest BCUT2D eigenvalue weighted by Gasteiger charge is -2.07. The van der Waals surface area contributed by atoms with Gasteiger partial charge in [-0.05, 0) is 18.2 Å². The number of halogens is 2. The molecule has 0 aliphatic rings. The monoisotopic (exact) mass is 310 g/mol. The lowest BCUT2D eigenvalue weighted by atomic mass is 10.3. The molecule has 0 aliphatic heterocycles. The molecular weight excluding hydrogens is 304 g/mol. The number of rotatable bonds is 4. The van der Waals surface area contributed by atoms with E-state index in [1.807, 2.05) is 0 Å². The summed E-state index contributed by atoms with van der Waals surface area (Å²) >= 11 is 3.16. The fourth-order valence-corrected chi connectivity index (χ4v) is 2.45. The van der Waals surface area contributed by atoms with Crippen LogP contribution in [0.25, 0.3) is 0 Å². The molecule has 1 aromatic rings. The van der Waals surface area contributed by atoms with Crippen molar-refractivity contribution >= 4 is 35.7 Å². The Hall–Kier alpha value is -0.520. The summed E-state index contributed by atoms with van der Waals surface area (Å²) in [6.07, 6.45) is 1.52. The van der Waals surface area contributed by atoms with Gasteiger partial charge in [0.25, 0.3) is 9.05 Å². The van der Waals surface area contributed by atoms with Crippen molar-refractivity contribution in [3.63, 3.8) is 0 Å². The van der Waals surface area contributed by atoms with Gasteiger partial charge in [-0.2, -0.15) is 0 Å². The van der Waals surface area contributed by atoms with Gasteiger partial charge in [-0.25, -0.2) is 8.42 Å². The summed E-state index contributed by atoms with van der Waals surface area (Å²) in [7, 11) is 1.46. The van der Waals surface area contributed by atoms with E-state index in [4.69, 9.17) is 15.4 Å². The standard InChI is InChI=1S/C9H8BrClO3S/c1-2-5-14-8-4-3-7(10)6-9(8)15(11,12)13/h2-4,6H,1,5H2. The molecule has 1 aromatic carbocycles. The van der Waals surface area contributed by atoms with Crippen LogP contribution in [0.4, 0.5) is 0 Å². The first kappa shape index (κ1) is 12.5. The van der Waals surface area contributed by atoms with E-state index in [9.17, 15) is 8.42 Å². The van der Waals surface area contributed by atoms with Crippen LogP contribution in [0.2, 0.25) is 0 Å². The maximum atomic E-state index is 11.2. The molecule has 0 unspecified atom stereocenters. The molecule has 0 aromatic heterocycles. The van der Waals surface area contributed by atoms with Crippen molar-refractivity contribution < 1.29 is 13.2 Å².